The van der Waals surface area contributed by atoms with Crippen LogP contribution >= 0.6 is 11.6 Å². The molecule has 130 valence electrons. The molecule has 0 unspecified atom stereocenters. The van der Waals surface area contributed by atoms with Gasteiger partial charge in [-0.3, -0.25) is 9.59 Å². The molecule has 0 saturated carbocycles. The second kappa shape index (κ2) is 8.84. The zero-order valence-electron chi connectivity index (χ0n) is 13.5. The lowest BCUT2D eigenvalue weighted by Crippen LogP contribution is -2.21. The number of anilines is 1. The Morgan fingerprint density at radius 2 is 1.72 bits per heavy atom. The van der Waals surface area contributed by atoms with Crippen LogP contribution in [0.2, 0.25) is 5.02 Å². The van der Waals surface area contributed by atoms with Gasteiger partial charge in [0.05, 0.1) is 19.1 Å². The van der Waals surface area contributed by atoms with Crippen LogP contribution < -0.4 is 5.32 Å². The van der Waals surface area contributed by atoms with E-state index < -0.39 is 24.5 Å². The molecule has 0 aliphatic rings. The molecule has 0 atom stereocenters. The van der Waals surface area contributed by atoms with Crippen molar-refractivity contribution in [1.82, 2.24) is 0 Å². The first-order chi connectivity index (χ1) is 12.0. The van der Waals surface area contributed by atoms with E-state index in [0.29, 0.717) is 21.8 Å². The second-order valence-corrected chi connectivity index (χ2v) is 5.45. The quantitative estimate of drug-likeness (QED) is 0.800. The third-order valence-corrected chi connectivity index (χ3v) is 3.62. The molecule has 7 heteroatoms. The van der Waals surface area contributed by atoms with Crippen molar-refractivity contribution >= 4 is 35.1 Å². The van der Waals surface area contributed by atoms with E-state index in [1.807, 2.05) is 0 Å². The van der Waals surface area contributed by atoms with Crippen LogP contribution in [-0.2, 0) is 25.5 Å². The van der Waals surface area contributed by atoms with Crippen molar-refractivity contribution in [3.8, 4) is 0 Å². The Bertz CT molecular complexity index is 773. The fourth-order valence-electron chi connectivity index (χ4n) is 2.00. The fourth-order valence-corrected chi connectivity index (χ4v) is 2.20. The third-order valence-electron chi connectivity index (χ3n) is 3.25. The van der Waals surface area contributed by atoms with E-state index in [1.54, 1.807) is 36.4 Å². The van der Waals surface area contributed by atoms with Crippen LogP contribution in [0.25, 0.3) is 0 Å². The maximum atomic E-state index is 11.8. The van der Waals surface area contributed by atoms with Gasteiger partial charge in [-0.2, -0.15) is 0 Å². The number of halogens is 1. The average molecular weight is 362 g/mol. The first-order valence-electron chi connectivity index (χ1n) is 7.37. The van der Waals surface area contributed by atoms with Gasteiger partial charge in [-0.25, -0.2) is 4.79 Å². The number of carbonyl (C=O) groups is 3. The summed E-state index contributed by atoms with van der Waals surface area (Å²) in [6, 6.07) is 13.1. The number of esters is 2. The molecule has 0 saturated heterocycles. The van der Waals surface area contributed by atoms with E-state index in [-0.39, 0.29) is 6.42 Å². The van der Waals surface area contributed by atoms with E-state index in [1.165, 1.54) is 19.2 Å². The SMILES string of the molecule is COC(=O)c1ccc(NC(=O)COC(=O)Cc2ccccc2Cl)cc1. The Labute approximate surface area is 149 Å². The van der Waals surface area contributed by atoms with E-state index in [9.17, 15) is 14.4 Å². The number of hydrogen-bond acceptors (Lipinski definition) is 5. The molecule has 0 bridgehead atoms. The summed E-state index contributed by atoms with van der Waals surface area (Å²) in [6.07, 6.45) is -0.0131. The van der Waals surface area contributed by atoms with Gasteiger partial charge in [0.1, 0.15) is 0 Å². The maximum absolute atomic E-state index is 11.8. The average Bonchev–Trinajstić information content (AvgIpc) is 2.62. The largest absolute Gasteiger partial charge is 0.465 e. The lowest BCUT2D eigenvalue weighted by Gasteiger charge is -2.08. The van der Waals surface area contributed by atoms with E-state index in [0.717, 1.165) is 0 Å². The summed E-state index contributed by atoms with van der Waals surface area (Å²) in [6.45, 7) is -0.415. The van der Waals surface area contributed by atoms with Crippen molar-refractivity contribution in [2.45, 2.75) is 6.42 Å². The fraction of sp³-hybridized carbons (Fsp3) is 0.167. The molecular formula is C18H16ClNO5. The highest BCUT2D eigenvalue weighted by Crippen LogP contribution is 2.15. The summed E-state index contributed by atoms with van der Waals surface area (Å²) in [5, 5.41) is 3.03. The zero-order valence-corrected chi connectivity index (χ0v) is 14.2. The Balaban J connectivity index is 1.81. The normalized spacial score (nSPS) is 10.0. The first kappa shape index (κ1) is 18.5. The Kier molecular flexibility index (Phi) is 6.54. The van der Waals surface area contributed by atoms with E-state index in [4.69, 9.17) is 16.3 Å². The molecule has 0 radical (unpaired) electrons. The third kappa shape index (κ3) is 5.61. The first-order valence-corrected chi connectivity index (χ1v) is 7.74. The summed E-state index contributed by atoms with van der Waals surface area (Å²) in [5.41, 5.74) is 1.47. The summed E-state index contributed by atoms with van der Waals surface area (Å²) >= 11 is 5.96. The highest BCUT2D eigenvalue weighted by molar-refractivity contribution is 6.31. The number of nitrogens with one attached hydrogen (secondary N) is 1. The van der Waals surface area contributed by atoms with Gasteiger partial charge in [0.2, 0.25) is 0 Å². The molecule has 0 aliphatic heterocycles. The predicted octanol–water partition coefficient (Wildman–Crippen LogP) is 2.85. The number of amides is 1. The van der Waals surface area contributed by atoms with Gasteiger partial charge < -0.3 is 14.8 Å². The molecule has 2 aromatic carbocycles. The zero-order chi connectivity index (χ0) is 18.2. The highest BCUT2D eigenvalue weighted by Gasteiger charge is 2.11. The van der Waals surface area contributed by atoms with Crippen LogP contribution in [0, 0.1) is 0 Å². The molecule has 0 spiro atoms. The summed E-state index contributed by atoms with van der Waals surface area (Å²) in [5.74, 6) is -1.51. The summed E-state index contributed by atoms with van der Waals surface area (Å²) in [4.78, 5) is 34.9. The number of methoxy groups -OCH3 is 1. The number of carbonyl (C=O) groups excluding carboxylic acids is 3. The minimum Gasteiger partial charge on any atom is -0.465 e. The van der Waals surface area contributed by atoms with E-state index in [2.05, 4.69) is 10.1 Å². The van der Waals surface area contributed by atoms with Gasteiger partial charge in [-0.15, -0.1) is 0 Å². The van der Waals surface area contributed by atoms with Crippen molar-refractivity contribution in [2.24, 2.45) is 0 Å². The number of rotatable bonds is 6. The van der Waals surface area contributed by atoms with E-state index >= 15 is 0 Å². The van der Waals surface area contributed by atoms with Crippen LogP contribution in [0.5, 0.6) is 0 Å². The summed E-state index contributed by atoms with van der Waals surface area (Å²) < 4.78 is 9.52. The molecule has 0 fully saturated rings. The summed E-state index contributed by atoms with van der Waals surface area (Å²) in [7, 11) is 1.29. The molecule has 25 heavy (non-hydrogen) atoms. The van der Waals surface area contributed by atoms with Crippen molar-refractivity contribution in [3.05, 3.63) is 64.7 Å². The molecule has 2 rings (SSSR count). The number of hydrogen-bond donors (Lipinski definition) is 1. The molecule has 0 aliphatic carbocycles. The van der Waals surface area contributed by atoms with Crippen molar-refractivity contribution < 1.29 is 23.9 Å². The van der Waals surface area contributed by atoms with Gasteiger partial charge >= 0.3 is 11.9 Å². The molecule has 6 nitrogen and oxygen atoms in total. The Hall–Kier alpha value is -2.86. The van der Waals surface area contributed by atoms with Gasteiger partial charge in [0, 0.05) is 10.7 Å². The van der Waals surface area contributed by atoms with Gasteiger partial charge in [-0.1, -0.05) is 29.8 Å². The smallest absolute Gasteiger partial charge is 0.337 e. The molecule has 1 N–H and O–H groups in total. The van der Waals surface area contributed by atoms with Gasteiger partial charge in [-0.05, 0) is 35.9 Å². The Morgan fingerprint density at radius 1 is 1.04 bits per heavy atom. The standard InChI is InChI=1S/C18H16ClNO5/c1-24-18(23)12-6-8-14(9-7-12)20-16(21)11-25-17(22)10-13-4-2-3-5-15(13)19/h2-9H,10-11H2,1H3,(H,20,21). The molecular weight excluding hydrogens is 346 g/mol. The van der Waals surface area contributed by atoms with Crippen molar-refractivity contribution in [1.29, 1.82) is 0 Å². The Morgan fingerprint density at radius 3 is 2.36 bits per heavy atom. The predicted molar refractivity (Wildman–Crippen MR) is 92.5 cm³/mol. The number of ether oxygens (including phenoxy) is 2. The number of benzene rings is 2. The van der Waals surface area contributed by atoms with Crippen LogP contribution in [0.15, 0.2) is 48.5 Å². The molecule has 1 amide bonds. The lowest BCUT2D eigenvalue weighted by molar-refractivity contribution is -0.146. The van der Waals surface area contributed by atoms with Gasteiger partial charge in [0.25, 0.3) is 5.91 Å². The second-order valence-electron chi connectivity index (χ2n) is 5.05. The van der Waals surface area contributed by atoms with Crippen LogP contribution in [0.1, 0.15) is 15.9 Å². The minimum atomic E-state index is -0.552. The molecule has 0 heterocycles. The monoisotopic (exact) mass is 361 g/mol. The maximum Gasteiger partial charge on any atom is 0.337 e. The van der Waals surface area contributed by atoms with Crippen LogP contribution in [0.4, 0.5) is 5.69 Å². The molecule has 0 aromatic heterocycles. The van der Waals surface area contributed by atoms with Crippen LogP contribution in [-0.4, -0.2) is 31.6 Å². The lowest BCUT2D eigenvalue weighted by atomic mass is 10.1. The van der Waals surface area contributed by atoms with Crippen molar-refractivity contribution in [3.63, 3.8) is 0 Å². The van der Waals surface area contributed by atoms with Gasteiger partial charge in [0.15, 0.2) is 6.61 Å². The highest BCUT2D eigenvalue weighted by atomic mass is 35.5. The minimum absolute atomic E-state index is 0.0131. The van der Waals surface area contributed by atoms with Crippen molar-refractivity contribution in [2.75, 3.05) is 19.0 Å². The molecule has 2 aromatic rings. The van der Waals surface area contributed by atoms with Crippen LogP contribution in [0.3, 0.4) is 0 Å². The topological polar surface area (TPSA) is 81.7 Å².